The van der Waals surface area contributed by atoms with Gasteiger partial charge in [-0.3, -0.25) is 4.79 Å². The Hall–Kier alpha value is -0.830. The molecular weight excluding hydrogens is 218 g/mol. The summed E-state index contributed by atoms with van der Waals surface area (Å²) in [5.74, 6) is -0.539. The third kappa shape index (κ3) is 1.85. The summed E-state index contributed by atoms with van der Waals surface area (Å²) in [6, 6.07) is 7.58. The highest BCUT2D eigenvalue weighted by molar-refractivity contribution is 9.10. The van der Waals surface area contributed by atoms with Crippen LogP contribution in [0.1, 0.15) is 18.4 Å². The minimum atomic E-state index is -0.304. The van der Waals surface area contributed by atoms with Crippen LogP contribution in [0.3, 0.4) is 0 Å². The molecule has 0 spiro atoms. The summed E-state index contributed by atoms with van der Waals surface area (Å²) in [5, 5.41) is 0. The van der Waals surface area contributed by atoms with Crippen molar-refractivity contribution in [3.8, 4) is 0 Å². The molecule has 0 bridgehead atoms. The van der Waals surface area contributed by atoms with Crippen LogP contribution in [0.15, 0.2) is 28.7 Å². The summed E-state index contributed by atoms with van der Waals surface area (Å²) in [4.78, 5) is 10.9. The number of nitrogens with two attached hydrogens (primary N) is 1. The molecule has 0 radical (unpaired) electrons. The highest BCUT2D eigenvalue weighted by Gasteiger charge is 2.13. The molecule has 1 unspecified atom stereocenters. The van der Waals surface area contributed by atoms with Crippen LogP contribution in [-0.4, -0.2) is 5.91 Å². The molecule has 0 saturated heterocycles. The van der Waals surface area contributed by atoms with Crippen LogP contribution in [-0.2, 0) is 4.79 Å². The van der Waals surface area contributed by atoms with Gasteiger partial charge < -0.3 is 5.73 Å². The largest absolute Gasteiger partial charge is 0.369 e. The number of hydrogen-bond acceptors (Lipinski definition) is 1. The Labute approximate surface area is 79.9 Å². The number of benzene rings is 1. The minimum absolute atomic E-state index is 0.236. The summed E-state index contributed by atoms with van der Waals surface area (Å²) in [6.45, 7) is 1.79. The highest BCUT2D eigenvalue weighted by Crippen LogP contribution is 2.23. The van der Waals surface area contributed by atoms with Gasteiger partial charge in [0.1, 0.15) is 0 Å². The average molecular weight is 228 g/mol. The van der Waals surface area contributed by atoms with Gasteiger partial charge in [0.05, 0.1) is 5.92 Å². The first-order chi connectivity index (χ1) is 5.63. The van der Waals surface area contributed by atoms with Crippen molar-refractivity contribution >= 4 is 21.8 Å². The number of primary amides is 1. The molecule has 0 fully saturated rings. The first-order valence-corrected chi connectivity index (χ1v) is 4.46. The van der Waals surface area contributed by atoms with E-state index in [1.54, 1.807) is 6.92 Å². The summed E-state index contributed by atoms with van der Waals surface area (Å²) in [6.07, 6.45) is 0. The zero-order valence-corrected chi connectivity index (χ0v) is 8.34. The number of carbonyl (C=O) groups is 1. The second-order valence-corrected chi connectivity index (χ2v) is 3.50. The second kappa shape index (κ2) is 3.72. The lowest BCUT2D eigenvalue weighted by molar-refractivity contribution is -0.119. The molecule has 1 rings (SSSR count). The van der Waals surface area contributed by atoms with E-state index in [0.717, 1.165) is 10.0 Å². The molecule has 0 aliphatic rings. The molecule has 1 aromatic carbocycles. The zero-order valence-electron chi connectivity index (χ0n) is 6.75. The molecule has 0 aromatic heterocycles. The number of hydrogen-bond donors (Lipinski definition) is 1. The fourth-order valence-corrected chi connectivity index (χ4v) is 1.61. The van der Waals surface area contributed by atoms with Crippen LogP contribution in [0.25, 0.3) is 0 Å². The van der Waals surface area contributed by atoms with Crippen LogP contribution < -0.4 is 5.73 Å². The van der Waals surface area contributed by atoms with Crippen LogP contribution in [0, 0.1) is 0 Å². The molecule has 1 aromatic rings. The standard InChI is InChI=1S/C9H10BrNO/c1-6(9(11)12)7-4-2-3-5-8(7)10/h2-6H,1H3,(H2,11,12). The maximum atomic E-state index is 10.9. The van der Waals surface area contributed by atoms with Crippen molar-refractivity contribution in [3.63, 3.8) is 0 Å². The number of rotatable bonds is 2. The predicted octanol–water partition coefficient (Wildman–Crippen LogP) is 2.04. The van der Waals surface area contributed by atoms with E-state index in [0.29, 0.717) is 0 Å². The smallest absolute Gasteiger partial charge is 0.224 e. The second-order valence-electron chi connectivity index (χ2n) is 2.65. The first-order valence-electron chi connectivity index (χ1n) is 3.66. The fourth-order valence-electron chi connectivity index (χ4n) is 0.980. The van der Waals surface area contributed by atoms with Gasteiger partial charge in [0.25, 0.3) is 0 Å². The lowest BCUT2D eigenvalue weighted by atomic mass is 10.0. The van der Waals surface area contributed by atoms with Crippen molar-refractivity contribution in [1.29, 1.82) is 0 Å². The molecule has 1 amide bonds. The molecule has 64 valence electrons. The minimum Gasteiger partial charge on any atom is -0.369 e. The first kappa shape index (κ1) is 9.26. The Morgan fingerprint density at radius 2 is 2.08 bits per heavy atom. The highest BCUT2D eigenvalue weighted by atomic mass is 79.9. The van der Waals surface area contributed by atoms with E-state index in [2.05, 4.69) is 15.9 Å². The molecule has 0 aliphatic heterocycles. The van der Waals surface area contributed by atoms with E-state index >= 15 is 0 Å². The third-order valence-corrected chi connectivity index (χ3v) is 2.52. The van der Waals surface area contributed by atoms with Crippen molar-refractivity contribution in [2.75, 3.05) is 0 Å². The van der Waals surface area contributed by atoms with Crippen LogP contribution in [0.5, 0.6) is 0 Å². The Bertz CT molecular complexity index is 298. The normalized spacial score (nSPS) is 12.5. The molecule has 2 nitrogen and oxygen atoms in total. The van der Waals surface area contributed by atoms with Gasteiger partial charge in [0.15, 0.2) is 0 Å². The number of carbonyl (C=O) groups excluding carboxylic acids is 1. The van der Waals surface area contributed by atoms with Gasteiger partial charge in [0, 0.05) is 4.47 Å². The van der Waals surface area contributed by atoms with Gasteiger partial charge in [-0.25, -0.2) is 0 Å². The summed E-state index contributed by atoms with van der Waals surface area (Å²) < 4.78 is 0.927. The molecule has 0 saturated carbocycles. The summed E-state index contributed by atoms with van der Waals surface area (Å²) in [7, 11) is 0. The van der Waals surface area contributed by atoms with Gasteiger partial charge in [-0.1, -0.05) is 34.1 Å². The topological polar surface area (TPSA) is 43.1 Å². The molecule has 12 heavy (non-hydrogen) atoms. The Balaban J connectivity index is 3.02. The van der Waals surface area contributed by atoms with Gasteiger partial charge in [-0.15, -0.1) is 0 Å². The molecule has 0 heterocycles. The van der Waals surface area contributed by atoms with Crippen molar-refractivity contribution in [3.05, 3.63) is 34.3 Å². The lowest BCUT2D eigenvalue weighted by Gasteiger charge is -2.08. The third-order valence-electron chi connectivity index (χ3n) is 1.80. The van der Waals surface area contributed by atoms with Gasteiger partial charge >= 0.3 is 0 Å². The Morgan fingerprint density at radius 1 is 1.50 bits per heavy atom. The molecule has 2 N–H and O–H groups in total. The molecule has 1 atom stereocenters. The maximum absolute atomic E-state index is 10.9. The van der Waals surface area contributed by atoms with E-state index < -0.39 is 0 Å². The monoisotopic (exact) mass is 227 g/mol. The van der Waals surface area contributed by atoms with Crippen LogP contribution in [0.2, 0.25) is 0 Å². The van der Waals surface area contributed by atoms with E-state index in [4.69, 9.17) is 5.73 Å². The number of amides is 1. The maximum Gasteiger partial charge on any atom is 0.224 e. The lowest BCUT2D eigenvalue weighted by Crippen LogP contribution is -2.18. The SMILES string of the molecule is CC(C(N)=O)c1ccccc1Br. The molecular formula is C9H10BrNO. The molecule has 0 aliphatic carbocycles. The van der Waals surface area contributed by atoms with Crippen molar-refractivity contribution in [1.82, 2.24) is 0 Å². The zero-order chi connectivity index (χ0) is 9.14. The predicted molar refractivity (Wildman–Crippen MR) is 51.8 cm³/mol. The van der Waals surface area contributed by atoms with E-state index in [-0.39, 0.29) is 11.8 Å². The van der Waals surface area contributed by atoms with E-state index in [1.165, 1.54) is 0 Å². The van der Waals surface area contributed by atoms with Crippen LogP contribution in [0.4, 0.5) is 0 Å². The quantitative estimate of drug-likeness (QED) is 0.826. The van der Waals surface area contributed by atoms with Crippen LogP contribution >= 0.6 is 15.9 Å². The molecule has 3 heteroatoms. The Morgan fingerprint density at radius 3 is 2.58 bits per heavy atom. The van der Waals surface area contributed by atoms with E-state index in [9.17, 15) is 4.79 Å². The van der Waals surface area contributed by atoms with Crippen molar-refractivity contribution < 1.29 is 4.79 Å². The fraction of sp³-hybridized carbons (Fsp3) is 0.222. The van der Waals surface area contributed by atoms with Gasteiger partial charge in [-0.05, 0) is 18.6 Å². The van der Waals surface area contributed by atoms with Crippen molar-refractivity contribution in [2.24, 2.45) is 5.73 Å². The van der Waals surface area contributed by atoms with Crippen molar-refractivity contribution in [2.45, 2.75) is 12.8 Å². The van der Waals surface area contributed by atoms with E-state index in [1.807, 2.05) is 24.3 Å². The van der Waals surface area contributed by atoms with Gasteiger partial charge in [0.2, 0.25) is 5.91 Å². The summed E-state index contributed by atoms with van der Waals surface area (Å²) in [5.41, 5.74) is 6.11. The van der Waals surface area contributed by atoms with Gasteiger partial charge in [-0.2, -0.15) is 0 Å². The summed E-state index contributed by atoms with van der Waals surface area (Å²) >= 11 is 3.36. The Kier molecular flexibility index (Phi) is 2.87. The average Bonchev–Trinajstić information content (AvgIpc) is 2.04. The number of halogens is 1.